The van der Waals surface area contributed by atoms with Crippen LogP contribution in [0.15, 0.2) is 0 Å². The Morgan fingerprint density at radius 2 is 1.92 bits per heavy atom. The summed E-state index contributed by atoms with van der Waals surface area (Å²) < 4.78 is 5.09. The molecule has 1 aliphatic carbocycles. The summed E-state index contributed by atoms with van der Waals surface area (Å²) in [5.41, 5.74) is 0. The first-order valence-corrected chi connectivity index (χ1v) is 5.45. The fourth-order valence-corrected chi connectivity index (χ4v) is 3.05. The van der Waals surface area contributed by atoms with E-state index in [1.165, 1.54) is 13.1 Å². The molecule has 2 aliphatic rings. The third-order valence-electron chi connectivity index (χ3n) is 3.72. The van der Waals surface area contributed by atoms with Gasteiger partial charge in [0.2, 0.25) is 0 Å². The molecule has 0 N–H and O–H groups in total. The first-order valence-electron chi connectivity index (χ1n) is 5.45. The molecule has 13 heavy (non-hydrogen) atoms. The molecule has 0 spiro atoms. The summed E-state index contributed by atoms with van der Waals surface area (Å²) in [6.07, 6.45) is 0. The third kappa shape index (κ3) is 1.75. The first-order chi connectivity index (χ1) is 6.24. The minimum absolute atomic E-state index is 0.895. The van der Waals surface area contributed by atoms with Gasteiger partial charge in [-0.25, -0.2) is 0 Å². The molecule has 0 amide bonds. The van der Waals surface area contributed by atoms with Crippen molar-refractivity contribution < 1.29 is 4.74 Å². The fraction of sp³-hybridized carbons (Fsp3) is 1.00. The van der Waals surface area contributed by atoms with Crippen molar-refractivity contribution in [2.24, 2.45) is 23.7 Å². The van der Waals surface area contributed by atoms with E-state index in [9.17, 15) is 0 Å². The average molecular weight is 183 g/mol. The van der Waals surface area contributed by atoms with Crippen LogP contribution in [0.3, 0.4) is 0 Å². The lowest BCUT2D eigenvalue weighted by atomic mass is 10.1. The highest BCUT2D eigenvalue weighted by atomic mass is 16.5. The number of hydrogen-bond donors (Lipinski definition) is 0. The molecule has 2 unspecified atom stereocenters. The molecule has 1 heterocycles. The minimum Gasteiger partial charge on any atom is -0.383 e. The van der Waals surface area contributed by atoms with Crippen molar-refractivity contribution in [1.29, 1.82) is 0 Å². The van der Waals surface area contributed by atoms with Gasteiger partial charge >= 0.3 is 0 Å². The lowest BCUT2D eigenvalue weighted by molar-refractivity contribution is 0.149. The highest BCUT2D eigenvalue weighted by Gasteiger charge is 2.55. The summed E-state index contributed by atoms with van der Waals surface area (Å²) in [5, 5.41) is 0. The van der Waals surface area contributed by atoms with E-state index in [-0.39, 0.29) is 0 Å². The Kier molecular flexibility index (Phi) is 2.61. The van der Waals surface area contributed by atoms with Crippen LogP contribution < -0.4 is 0 Å². The van der Waals surface area contributed by atoms with Crippen LogP contribution in [0.4, 0.5) is 0 Å². The maximum atomic E-state index is 5.09. The number of rotatable bonds is 4. The zero-order valence-corrected chi connectivity index (χ0v) is 8.99. The van der Waals surface area contributed by atoms with Gasteiger partial charge in [0.1, 0.15) is 0 Å². The third-order valence-corrected chi connectivity index (χ3v) is 3.72. The van der Waals surface area contributed by atoms with E-state index in [2.05, 4.69) is 18.7 Å². The van der Waals surface area contributed by atoms with Crippen molar-refractivity contribution in [1.82, 2.24) is 4.90 Å². The Morgan fingerprint density at radius 1 is 1.31 bits per heavy atom. The van der Waals surface area contributed by atoms with Crippen molar-refractivity contribution >= 4 is 0 Å². The predicted octanol–water partition coefficient (Wildman–Crippen LogP) is 1.47. The molecule has 2 atom stereocenters. The number of methoxy groups -OCH3 is 1. The number of nitrogens with zero attached hydrogens (tertiary/aromatic N) is 1. The average Bonchev–Trinajstić information content (AvgIpc) is 2.61. The molecule has 0 aromatic heterocycles. The second-order valence-corrected chi connectivity index (χ2v) is 4.90. The highest BCUT2D eigenvalue weighted by Crippen LogP contribution is 2.55. The summed E-state index contributed by atoms with van der Waals surface area (Å²) in [6.45, 7) is 9.42. The molecular weight excluding hydrogens is 162 g/mol. The first kappa shape index (κ1) is 9.47. The van der Waals surface area contributed by atoms with Crippen LogP contribution in [0.1, 0.15) is 13.8 Å². The summed E-state index contributed by atoms with van der Waals surface area (Å²) in [4.78, 5) is 2.55. The van der Waals surface area contributed by atoms with Crippen molar-refractivity contribution in [3.8, 4) is 0 Å². The Balaban J connectivity index is 1.71. The van der Waals surface area contributed by atoms with Crippen molar-refractivity contribution in [3.63, 3.8) is 0 Å². The second-order valence-electron chi connectivity index (χ2n) is 4.90. The number of ether oxygens (including phenoxy) is 1. The molecule has 2 fully saturated rings. The Morgan fingerprint density at radius 3 is 2.38 bits per heavy atom. The lowest BCUT2D eigenvalue weighted by Gasteiger charge is -2.19. The van der Waals surface area contributed by atoms with Gasteiger partial charge in [-0.05, 0) is 23.7 Å². The molecule has 0 aromatic carbocycles. The summed E-state index contributed by atoms with van der Waals surface area (Å²) in [5.74, 6) is 3.99. The van der Waals surface area contributed by atoms with Gasteiger partial charge < -0.3 is 9.64 Å². The summed E-state index contributed by atoms with van der Waals surface area (Å²) in [6, 6.07) is 0. The van der Waals surface area contributed by atoms with E-state index in [0.717, 1.165) is 36.8 Å². The molecule has 2 rings (SSSR count). The molecule has 1 saturated carbocycles. The van der Waals surface area contributed by atoms with Crippen LogP contribution >= 0.6 is 0 Å². The molecular formula is C11H21NO. The van der Waals surface area contributed by atoms with Gasteiger partial charge in [0.25, 0.3) is 0 Å². The van der Waals surface area contributed by atoms with Crippen LogP contribution in [0.25, 0.3) is 0 Å². The molecule has 0 radical (unpaired) electrons. The summed E-state index contributed by atoms with van der Waals surface area (Å²) >= 11 is 0. The van der Waals surface area contributed by atoms with Crippen LogP contribution in [0.2, 0.25) is 0 Å². The zero-order valence-electron chi connectivity index (χ0n) is 8.99. The topological polar surface area (TPSA) is 12.5 Å². The minimum atomic E-state index is 0.895. The molecule has 1 saturated heterocycles. The maximum Gasteiger partial charge on any atom is 0.0589 e. The monoisotopic (exact) mass is 183 g/mol. The standard InChI is InChI=1S/C11H21NO/c1-8(2)11-9-6-12(4-5-13-3)7-10(9)11/h8-11H,4-7H2,1-3H3. The molecule has 1 aliphatic heterocycles. The predicted molar refractivity (Wildman–Crippen MR) is 53.6 cm³/mol. The van der Waals surface area contributed by atoms with E-state index >= 15 is 0 Å². The van der Waals surface area contributed by atoms with Crippen LogP contribution in [0.5, 0.6) is 0 Å². The van der Waals surface area contributed by atoms with Gasteiger partial charge in [-0.1, -0.05) is 13.8 Å². The zero-order chi connectivity index (χ0) is 9.42. The molecule has 76 valence electrons. The maximum absolute atomic E-state index is 5.09. The Hall–Kier alpha value is -0.0800. The van der Waals surface area contributed by atoms with E-state index < -0.39 is 0 Å². The molecule has 2 heteroatoms. The number of likely N-dealkylation sites (tertiary alicyclic amines) is 1. The number of hydrogen-bond acceptors (Lipinski definition) is 2. The van der Waals surface area contributed by atoms with Gasteiger partial charge in [-0.2, -0.15) is 0 Å². The lowest BCUT2D eigenvalue weighted by Crippen LogP contribution is -2.28. The van der Waals surface area contributed by atoms with Crippen LogP contribution in [-0.4, -0.2) is 38.3 Å². The summed E-state index contributed by atoms with van der Waals surface area (Å²) in [7, 11) is 1.79. The van der Waals surface area contributed by atoms with Gasteiger partial charge in [0.15, 0.2) is 0 Å². The smallest absolute Gasteiger partial charge is 0.0589 e. The fourth-order valence-electron chi connectivity index (χ4n) is 3.05. The van der Waals surface area contributed by atoms with Crippen molar-refractivity contribution in [2.75, 3.05) is 33.4 Å². The quantitative estimate of drug-likeness (QED) is 0.654. The van der Waals surface area contributed by atoms with E-state index in [1.807, 2.05) is 0 Å². The SMILES string of the molecule is COCCN1CC2C(C1)C2C(C)C. The molecule has 0 bridgehead atoms. The highest BCUT2D eigenvalue weighted by molar-refractivity contribution is 5.05. The van der Waals surface area contributed by atoms with Crippen LogP contribution in [0, 0.1) is 23.7 Å². The van der Waals surface area contributed by atoms with E-state index in [4.69, 9.17) is 4.74 Å². The van der Waals surface area contributed by atoms with Crippen molar-refractivity contribution in [3.05, 3.63) is 0 Å². The van der Waals surface area contributed by atoms with E-state index in [0.29, 0.717) is 0 Å². The number of piperidine rings is 1. The van der Waals surface area contributed by atoms with Gasteiger partial charge in [-0.3, -0.25) is 0 Å². The Bertz CT molecular complexity index is 169. The van der Waals surface area contributed by atoms with Gasteiger partial charge in [0.05, 0.1) is 6.61 Å². The van der Waals surface area contributed by atoms with Crippen molar-refractivity contribution in [2.45, 2.75) is 13.8 Å². The normalized spacial score (nSPS) is 38.3. The Labute approximate surface area is 81.3 Å². The largest absolute Gasteiger partial charge is 0.383 e. The molecule has 2 nitrogen and oxygen atoms in total. The van der Waals surface area contributed by atoms with E-state index in [1.54, 1.807) is 7.11 Å². The number of fused-ring (bicyclic) bond motifs is 1. The van der Waals surface area contributed by atoms with Crippen LogP contribution in [-0.2, 0) is 4.74 Å². The van der Waals surface area contributed by atoms with Gasteiger partial charge in [-0.15, -0.1) is 0 Å². The van der Waals surface area contributed by atoms with Gasteiger partial charge in [0, 0.05) is 26.7 Å². The second kappa shape index (κ2) is 3.58. The molecule has 0 aromatic rings.